The van der Waals surface area contributed by atoms with Gasteiger partial charge in [-0.3, -0.25) is 4.79 Å². The smallest absolute Gasteiger partial charge is 0.416 e. The van der Waals surface area contributed by atoms with E-state index in [1.807, 2.05) is 0 Å². The molecule has 0 unspecified atom stereocenters. The normalized spacial score (nSPS) is 11.5. The minimum absolute atomic E-state index is 0.0198. The van der Waals surface area contributed by atoms with Crippen LogP contribution in [0.25, 0.3) is 17.3 Å². The summed E-state index contributed by atoms with van der Waals surface area (Å²) in [5.74, 6) is -0.774. The van der Waals surface area contributed by atoms with Crippen LogP contribution in [-0.2, 0) is 17.5 Å². The van der Waals surface area contributed by atoms with E-state index in [0.29, 0.717) is 5.76 Å². The zero-order valence-electron chi connectivity index (χ0n) is 16.3. The van der Waals surface area contributed by atoms with Gasteiger partial charge in [0.15, 0.2) is 12.4 Å². The van der Waals surface area contributed by atoms with Crippen molar-refractivity contribution in [2.75, 3.05) is 0 Å². The first-order valence-corrected chi connectivity index (χ1v) is 9.04. The van der Waals surface area contributed by atoms with Crippen molar-refractivity contribution in [1.82, 2.24) is 20.0 Å². The fourth-order valence-electron chi connectivity index (χ4n) is 2.77. The minimum Gasteiger partial charge on any atom is -0.459 e. The number of hydrogen-bond acceptors (Lipinski definition) is 8. The number of esters is 1. The molecule has 164 valence electrons. The number of hydrogen-bond donors (Lipinski definition) is 0. The Morgan fingerprint density at radius 1 is 1.16 bits per heavy atom. The summed E-state index contributed by atoms with van der Waals surface area (Å²) < 4.78 is 55.6. The van der Waals surface area contributed by atoms with Crippen LogP contribution >= 0.6 is 0 Å². The van der Waals surface area contributed by atoms with Crippen molar-refractivity contribution >= 4 is 5.97 Å². The predicted octanol–water partition coefficient (Wildman–Crippen LogP) is 3.56. The van der Waals surface area contributed by atoms with E-state index in [4.69, 9.17) is 13.6 Å². The maximum atomic E-state index is 13.0. The van der Waals surface area contributed by atoms with Crippen LogP contribution in [0.15, 0.2) is 62.4 Å². The highest BCUT2D eigenvalue weighted by Gasteiger charge is 2.30. The van der Waals surface area contributed by atoms with E-state index >= 15 is 0 Å². The molecule has 0 bridgehead atoms. The Labute approximate surface area is 177 Å². The quantitative estimate of drug-likeness (QED) is 0.428. The number of alkyl halides is 3. The summed E-state index contributed by atoms with van der Waals surface area (Å²) in [4.78, 5) is 24.7. The first-order chi connectivity index (χ1) is 15.2. The molecule has 1 aromatic carbocycles. The van der Waals surface area contributed by atoms with Gasteiger partial charge in [0.2, 0.25) is 11.1 Å². The van der Waals surface area contributed by atoms with Gasteiger partial charge in [-0.05, 0) is 37.3 Å². The standard InChI is InChI=1S/C20H13F3N4O5/c1-11-8-14(28)17(26-27(11)13-5-2-4-12(9-13)20(21,22)23)19(29)31-10-16-24-25-18(32-16)15-6-3-7-30-15/h2-9H,10H2,1H3. The first kappa shape index (κ1) is 21.0. The molecule has 9 nitrogen and oxygen atoms in total. The van der Waals surface area contributed by atoms with Gasteiger partial charge in [0.1, 0.15) is 0 Å². The summed E-state index contributed by atoms with van der Waals surface area (Å²) in [5, 5.41) is 11.4. The number of carbonyl (C=O) groups excluding carboxylic acids is 1. The van der Waals surface area contributed by atoms with Crippen molar-refractivity contribution in [2.24, 2.45) is 0 Å². The average Bonchev–Trinajstić information content (AvgIpc) is 3.43. The van der Waals surface area contributed by atoms with Gasteiger partial charge >= 0.3 is 12.1 Å². The first-order valence-electron chi connectivity index (χ1n) is 9.04. The van der Waals surface area contributed by atoms with Crippen molar-refractivity contribution in [3.63, 3.8) is 0 Å². The van der Waals surface area contributed by atoms with Gasteiger partial charge in [-0.2, -0.15) is 18.3 Å². The predicted molar refractivity (Wildman–Crippen MR) is 101 cm³/mol. The second-order valence-electron chi connectivity index (χ2n) is 6.51. The zero-order chi connectivity index (χ0) is 22.9. The fraction of sp³-hybridized carbons (Fsp3) is 0.150. The second-order valence-corrected chi connectivity index (χ2v) is 6.51. The Morgan fingerprint density at radius 3 is 2.69 bits per heavy atom. The lowest BCUT2D eigenvalue weighted by atomic mass is 10.2. The molecule has 0 fully saturated rings. The summed E-state index contributed by atoms with van der Waals surface area (Å²) in [5.41, 5.74) is -2.02. The van der Waals surface area contributed by atoms with Crippen LogP contribution in [-0.4, -0.2) is 25.9 Å². The molecule has 4 aromatic rings. The van der Waals surface area contributed by atoms with Crippen LogP contribution in [0.5, 0.6) is 0 Å². The molecule has 0 aliphatic carbocycles. The van der Waals surface area contributed by atoms with E-state index in [-0.39, 0.29) is 23.2 Å². The number of benzene rings is 1. The highest BCUT2D eigenvalue weighted by Crippen LogP contribution is 2.30. The number of furan rings is 1. The zero-order valence-corrected chi connectivity index (χ0v) is 16.3. The molecule has 0 spiro atoms. The van der Waals surface area contributed by atoms with Crippen LogP contribution in [0, 0.1) is 6.92 Å². The maximum Gasteiger partial charge on any atom is 0.416 e. The van der Waals surface area contributed by atoms with Crippen LogP contribution < -0.4 is 5.43 Å². The van der Waals surface area contributed by atoms with Gasteiger partial charge in [0, 0.05) is 11.8 Å². The highest BCUT2D eigenvalue weighted by molar-refractivity contribution is 5.86. The molecule has 0 aliphatic heterocycles. The van der Waals surface area contributed by atoms with Gasteiger partial charge in [-0.1, -0.05) is 6.07 Å². The van der Waals surface area contributed by atoms with E-state index in [0.717, 1.165) is 22.9 Å². The summed E-state index contributed by atoms with van der Waals surface area (Å²) in [6.07, 6.45) is -3.15. The number of carbonyl (C=O) groups is 1. The van der Waals surface area contributed by atoms with E-state index in [9.17, 15) is 22.8 Å². The summed E-state index contributed by atoms with van der Waals surface area (Å²) >= 11 is 0. The van der Waals surface area contributed by atoms with Crippen molar-refractivity contribution in [3.05, 3.63) is 81.8 Å². The van der Waals surface area contributed by atoms with Crippen molar-refractivity contribution in [2.45, 2.75) is 19.7 Å². The summed E-state index contributed by atoms with van der Waals surface area (Å²) in [7, 11) is 0. The lowest BCUT2D eigenvalue weighted by molar-refractivity contribution is -0.137. The van der Waals surface area contributed by atoms with Gasteiger partial charge in [-0.15, -0.1) is 10.2 Å². The molecule has 12 heteroatoms. The molecule has 0 aliphatic rings. The summed E-state index contributed by atoms with van der Waals surface area (Å²) in [6.45, 7) is 1.02. The number of halogens is 3. The Bertz CT molecular complexity index is 1330. The Kier molecular flexibility index (Phi) is 5.34. The molecule has 0 radical (unpaired) electrons. The molecule has 0 atom stereocenters. The molecule has 0 amide bonds. The maximum absolute atomic E-state index is 13.0. The van der Waals surface area contributed by atoms with Crippen LogP contribution in [0.3, 0.4) is 0 Å². The molecule has 0 N–H and O–H groups in total. The number of rotatable bonds is 5. The van der Waals surface area contributed by atoms with Crippen molar-refractivity contribution < 1.29 is 31.5 Å². The molecule has 0 saturated carbocycles. The molecule has 3 aromatic heterocycles. The summed E-state index contributed by atoms with van der Waals surface area (Å²) in [6, 6.07) is 8.61. The number of ether oxygens (including phenoxy) is 1. The topological polar surface area (TPSA) is 113 Å². The lowest BCUT2D eigenvalue weighted by Gasteiger charge is -2.13. The lowest BCUT2D eigenvalue weighted by Crippen LogP contribution is -2.24. The van der Waals surface area contributed by atoms with E-state index < -0.39 is 35.4 Å². The van der Waals surface area contributed by atoms with Crippen LogP contribution in [0.2, 0.25) is 0 Å². The van der Waals surface area contributed by atoms with Crippen molar-refractivity contribution in [3.8, 4) is 17.3 Å². The Morgan fingerprint density at radius 2 is 1.97 bits per heavy atom. The van der Waals surface area contributed by atoms with Gasteiger partial charge in [-0.25, -0.2) is 9.48 Å². The average molecular weight is 446 g/mol. The third-order valence-electron chi connectivity index (χ3n) is 4.24. The van der Waals surface area contributed by atoms with Gasteiger partial charge < -0.3 is 13.6 Å². The van der Waals surface area contributed by atoms with Crippen LogP contribution in [0.4, 0.5) is 13.2 Å². The molecular formula is C20H13F3N4O5. The molecular weight excluding hydrogens is 433 g/mol. The monoisotopic (exact) mass is 446 g/mol. The Balaban J connectivity index is 1.56. The SMILES string of the molecule is Cc1cc(=O)c(C(=O)OCc2nnc(-c3ccco3)o2)nn1-c1cccc(C(F)(F)F)c1. The van der Waals surface area contributed by atoms with Crippen molar-refractivity contribution in [1.29, 1.82) is 0 Å². The van der Waals surface area contributed by atoms with E-state index in [1.54, 1.807) is 12.1 Å². The third kappa shape index (κ3) is 4.29. The molecule has 0 saturated heterocycles. The van der Waals surface area contributed by atoms with Crippen LogP contribution in [0.1, 0.15) is 27.6 Å². The number of nitrogens with zero attached hydrogens (tertiary/aromatic N) is 4. The molecule has 4 rings (SSSR count). The minimum atomic E-state index is -4.57. The van der Waals surface area contributed by atoms with E-state index in [1.165, 1.54) is 25.3 Å². The van der Waals surface area contributed by atoms with Gasteiger partial charge in [0.05, 0.1) is 17.5 Å². The third-order valence-corrected chi connectivity index (χ3v) is 4.24. The Hall–Kier alpha value is -4.22. The fourth-order valence-corrected chi connectivity index (χ4v) is 2.77. The molecule has 32 heavy (non-hydrogen) atoms. The number of aryl methyl sites for hydroxylation is 1. The number of aromatic nitrogens is 4. The second kappa shape index (κ2) is 8.13. The highest BCUT2D eigenvalue weighted by atomic mass is 19.4. The van der Waals surface area contributed by atoms with E-state index in [2.05, 4.69) is 15.3 Å². The molecule has 3 heterocycles. The largest absolute Gasteiger partial charge is 0.459 e. The van der Waals surface area contributed by atoms with Gasteiger partial charge in [0.25, 0.3) is 11.8 Å².